The van der Waals surface area contributed by atoms with Crippen LogP contribution >= 0.6 is 11.6 Å². The number of nitrogens with zero attached hydrogens (tertiary/aromatic N) is 4. The molecule has 1 saturated heterocycles. The van der Waals surface area contributed by atoms with Gasteiger partial charge < -0.3 is 14.3 Å². The predicted octanol–water partition coefficient (Wildman–Crippen LogP) is 3.49. The number of carbonyl (C=O) groups excluding carboxylic acids is 1. The number of benzene rings is 2. The molecular formula is C19H16ClFN4O2. The lowest BCUT2D eigenvalue weighted by molar-refractivity contribution is 0.0741. The van der Waals surface area contributed by atoms with Gasteiger partial charge in [-0.1, -0.05) is 35.9 Å². The molecule has 3 aromatic rings. The smallest absolute Gasteiger partial charge is 0.266 e. The van der Waals surface area contributed by atoms with Crippen LogP contribution in [0.2, 0.25) is 5.02 Å². The molecule has 0 saturated carbocycles. The van der Waals surface area contributed by atoms with Gasteiger partial charge in [-0.2, -0.15) is 4.98 Å². The number of hydrogen-bond donors (Lipinski definition) is 0. The fourth-order valence-electron chi connectivity index (χ4n) is 3.01. The van der Waals surface area contributed by atoms with Gasteiger partial charge in [0.25, 0.3) is 17.7 Å². The SMILES string of the molecule is O=C(c1c(F)cccc1Cl)N1CCN(c2noc(-c3ccccc3)n2)CC1. The molecule has 0 bridgehead atoms. The molecule has 1 aliphatic rings. The number of aromatic nitrogens is 2. The summed E-state index contributed by atoms with van der Waals surface area (Å²) in [5.41, 5.74) is 0.762. The van der Waals surface area contributed by atoms with Gasteiger partial charge in [-0.15, -0.1) is 0 Å². The van der Waals surface area contributed by atoms with Crippen molar-refractivity contribution in [3.05, 3.63) is 64.9 Å². The molecule has 6 nitrogen and oxygen atoms in total. The van der Waals surface area contributed by atoms with Crippen molar-refractivity contribution in [3.63, 3.8) is 0 Å². The van der Waals surface area contributed by atoms with Crippen LogP contribution in [0.15, 0.2) is 53.1 Å². The van der Waals surface area contributed by atoms with E-state index in [1.54, 1.807) is 4.90 Å². The second-order valence-electron chi connectivity index (χ2n) is 6.14. The van der Waals surface area contributed by atoms with Crippen LogP contribution in [0.5, 0.6) is 0 Å². The van der Waals surface area contributed by atoms with E-state index >= 15 is 0 Å². The summed E-state index contributed by atoms with van der Waals surface area (Å²) in [6.07, 6.45) is 0. The molecule has 0 aliphatic carbocycles. The van der Waals surface area contributed by atoms with Crippen molar-refractivity contribution in [1.82, 2.24) is 15.0 Å². The average molecular weight is 387 g/mol. The summed E-state index contributed by atoms with van der Waals surface area (Å²) >= 11 is 6.00. The van der Waals surface area contributed by atoms with Gasteiger partial charge in [0.15, 0.2) is 0 Å². The summed E-state index contributed by atoms with van der Waals surface area (Å²) < 4.78 is 19.3. The molecule has 1 amide bonds. The first kappa shape index (κ1) is 17.5. The van der Waals surface area contributed by atoms with E-state index in [1.165, 1.54) is 18.2 Å². The first-order valence-corrected chi connectivity index (χ1v) is 8.88. The van der Waals surface area contributed by atoms with Crippen LogP contribution < -0.4 is 4.90 Å². The third kappa shape index (κ3) is 3.50. The van der Waals surface area contributed by atoms with Crippen LogP contribution in [-0.4, -0.2) is 47.1 Å². The van der Waals surface area contributed by atoms with Crippen molar-refractivity contribution in [1.29, 1.82) is 0 Å². The van der Waals surface area contributed by atoms with Crippen molar-refractivity contribution < 1.29 is 13.7 Å². The summed E-state index contributed by atoms with van der Waals surface area (Å²) in [5.74, 6) is -0.0939. The highest BCUT2D eigenvalue weighted by molar-refractivity contribution is 6.33. The van der Waals surface area contributed by atoms with Gasteiger partial charge in [0, 0.05) is 31.7 Å². The molecule has 0 radical (unpaired) electrons. The van der Waals surface area contributed by atoms with Crippen molar-refractivity contribution in [2.75, 3.05) is 31.1 Å². The number of anilines is 1. The fraction of sp³-hybridized carbons (Fsp3) is 0.211. The highest BCUT2D eigenvalue weighted by Gasteiger charge is 2.27. The number of carbonyl (C=O) groups is 1. The van der Waals surface area contributed by atoms with E-state index in [1.807, 2.05) is 35.2 Å². The van der Waals surface area contributed by atoms with E-state index in [-0.39, 0.29) is 10.6 Å². The highest BCUT2D eigenvalue weighted by Crippen LogP contribution is 2.23. The standard InChI is InChI=1S/C19H16ClFN4O2/c20-14-7-4-8-15(21)16(14)18(26)24-9-11-25(12-10-24)19-22-17(27-23-19)13-5-2-1-3-6-13/h1-8H,9-12H2. The van der Waals surface area contributed by atoms with Crippen molar-refractivity contribution in [2.24, 2.45) is 0 Å². The first-order chi connectivity index (χ1) is 13.1. The monoisotopic (exact) mass is 386 g/mol. The summed E-state index contributed by atoms with van der Waals surface area (Å²) in [6.45, 7) is 1.87. The van der Waals surface area contributed by atoms with Crippen LogP contribution in [0.4, 0.5) is 10.3 Å². The summed E-state index contributed by atoms with van der Waals surface area (Å²) in [7, 11) is 0. The maximum absolute atomic E-state index is 14.0. The van der Waals surface area contributed by atoms with Gasteiger partial charge in [-0.3, -0.25) is 4.79 Å². The Kier molecular flexibility index (Phi) is 4.77. The van der Waals surface area contributed by atoms with Gasteiger partial charge in [0.05, 0.1) is 10.6 Å². The lowest BCUT2D eigenvalue weighted by Gasteiger charge is -2.34. The van der Waals surface area contributed by atoms with Gasteiger partial charge in [-0.05, 0) is 29.4 Å². The normalized spacial score (nSPS) is 14.4. The minimum atomic E-state index is -0.611. The number of hydrogen-bond acceptors (Lipinski definition) is 5. The van der Waals surface area contributed by atoms with Crippen molar-refractivity contribution in [2.45, 2.75) is 0 Å². The Morgan fingerprint density at radius 1 is 1.04 bits per heavy atom. The zero-order valence-corrected chi connectivity index (χ0v) is 15.1. The average Bonchev–Trinajstić information content (AvgIpc) is 3.19. The number of amides is 1. The van der Waals surface area contributed by atoms with E-state index < -0.39 is 11.7 Å². The highest BCUT2D eigenvalue weighted by atomic mass is 35.5. The molecule has 1 fully saturated rings. The zero-order chi connectivity index (χ0) is 18.8. The third-order valence-corrected chi connectivity index (χ3v) is 4.78. The van der Waals surface area contributed by atoms with Crippen molar-refractivity contribution >= 4 is 23.5 Å². The lowest BCUT2D eigenvalue weighted by Crippen LogP contribution is -2.49. The molecule has 138 valence electrons. The summed E-state index contributed by atoms with van der Waals surface area (Å²) in [6, 6.07) is 13.7. The van der Waals surface area contributed by atoms with E-state index in [0.29, 0.717) is 38.0 Å². The van der Waals surface area contributed by atoms with Gasteiger partial charge in [0.1, 0.15) is 5.82 Å². The second-order valence-corrected chi connectivity index (χ2v) is 6.55. The van der Waals surface area contributed by atoms with Gasteiger partial charge in [0.2, 0.25) is 0 Å². The molecule has 2 aromatic carbocycles. The molecule has 0 N–H and O–H groups in total. The largest absolute Gasteiger partial charge is 0.335 e. The first-order valence-electron chi connectivity index (χ1n) is 8.51. The Bertz CT molecular complexity index is 935. The van der Waals surface area contributed by atoms with Crippen LogP contribution in [0, 0.1) is 5.82 Å². The maximum Gasteiger partial charge on any atom is 0.266 e. The molecule has 0 atom stereocenters. The topological polar surface area (TPSA) is 62.5 Å². The Labute approximate surface area is 160 Å². The lowest BCUT2D eigenvalue weighted by atomic mass is 10.1. The minimum Gasteiger partial charge on any atom is -0.335 e. The van der Waals surface area contributed by atoms with E-state index in [4.69, 9.17) is 16.1 Å². The van der Waals surface area contributed by atoms with Crippen molar-refractivity contribution in [3.8, 4) is 11.5 Å². The molecule has 4 rings (SSSR count). The van der Waals surface area contributed by atoms with Crippen LogP contribution in [-0.2, 0) is 0 Å². The maximum atomic E-state index is 14.0. The number of halogens is 2. The molecule has 1 aliphatic heterocycles. The number of piperazine rings is 1. The number of rotatable bonds is 3. The molecular weight excluding hydrogens is 371 g/mol. The van der Waals surface area contributed by atoms with E-state index in [2.05, 4.69) is 10.1 Å². The molecule has 2 heterocycles. The Hall–Kier alpha value is -2.93. The molecule has 0 unspecified atom stereocenters. The van der Waals surface area contributed by atoms with Crippen LogP contribution in [0.25, 0.3) is 11.5 Å². The van der Waals surface area contributed by atoms with Crippen LogP contribution in [0.1, 0.15) is 10.4 Å². The van der Waals surface area contributed by atoms with Gasteiger partial charge in [-0.25, -0.2) is 4.39 Å². The van der Waals surface area contributed by atoms with Crippen LogP contribution in [0.3, 0.4) is 0 Å². The Morgan fingerprint density at radius 2 is 1.78 bits per heavy atom. The minimum absolute atomic E-state index is 0.0847. The second kappa shape index (κ2) is 7.36. The fourth-order valence-corrected chi connectivity index (χ4v) is 3.26. The molecule has 8 heteroatoms. The predicted molar refractivity (Wildman–Crippen MR) is 99.3 cm³/mol. The zero-order valence-electron chi connectivity index (χ0n) is 14.3. The van der Waals surface area contributed by atoms with E-state index in [0.717, 1.165) is 5.56 Å². The molecule has 1 aromatic heterocycles. The Balaban J connectivity index is 1.44. The third-order valence-electron chi connectivity index (χ3n) is 4.46. The summed E-state index contributed by atoms with van der Waals surface area (Å²) in [4.78, 5) is 20.5. The Morgan fingerprint density at radius 3 is 2.48 bits per heavy atom. The van der Waals surface area contributed by atoms with Gasteiger partial charge >= 0.3 is 0 Å². The quantitative estimate of drug-likeness (QED) is 0.689. The molecule has 0 spiro atoms. The summed E-state index contributed by atoms with van der Waals surface area (Å²) in [5, 5.41) is 4.15. The molecule has 27 heavy (non-hydrogen) atoms. The van der Waals surface area contributed by atoms with E-state index in [9.17, 15) is 9.18 Å².